The first-order valence-corrected chi connectivity index (χ1v) is 8.58. The van der Waals surface area contributed by atoms with Gasteiger partial charge in [-0.1, -0.05) is 58.4 Å². The van der Waals surface area contributed by atoms with Crippen LogP contribution in [0.4, 0.5) is 0 Å². The van der Waals surface area contributed by atoms with Crippen LogP contribution in [0.2, 0.25) is 0 Å². The molecule has 0 aliphatic heterocycles. The number of benzene rings is 3. The van der Waals surface area contributed by atoms with Crippen molar-refractivity contribution in [2.24, 2.45) is 0 Å². The molecule has 3 aromatic carbocycles. The van der Waals surface area contributed by atoms with E-state index < -0.39 is 0 Å². The van der Waals surface area contributed by atoms with Crippen molar-refractivity contribution in [3.8, 4) is 34.2 Å². The summed E-state index contributed by atoms with van der Waals surface area (Å²) in [6.07, 6.45) is 0. The second-order valence-electron chi connectivity index (χ2n) is 5.53. The van der Waals surface area contributed by atoms with Crippen LogP contribution in [0.3, 0.4) is 0 Å². The molecule has 0 radical (unpaired) electrons. The van der Waals surface area contributed by atoms with Crippen molar-refractivity contribution < 1.29 is 5.11 Å². The average molecular weight is 392 g/mol. The third kappa shape index (κ3) is 3.06. The number of hydrogen-bond acceptors (Lipinski definition) is 3. The van der Waals surface area contributed by atoms with Crippen LogP contribution in [0.1, 0.15) is 0 Å². The Morgan fingerprint density at radius 3 is 2.20 bits per heavy atom. The number of nitrogens with zero attached hydrogens (tertiary/aromatic N) is 3. The molecule has 0 atom stereocenters. The second kappa shape index (κ2) is 6.53. The Bertz CT molecular complexity index is 1010. The number of aromatic hydroxyl groups is 1. The summed E-state index contributed by atoms with van der Waals surface area (Å²) in [7, 11) is 0. The Morgan fingerprint density at radius 1 is 0.800 bits per heavy atom. The van der Waals surface area contributed by atoms with E-state index >= 15 is 0 Å². The summed E-state index contributed by atoms with van der Waals surface area (Å²) in [6, 6.07) is 24.8. The zero-order valence-electron chi connectivity index (χ0n) is 13.2. The Hall–Kier alpha value is -2.92. The number of halogens is 1. The Kier molecular flexibility index (Phi) is 4.07. The molecule has 5 heteroatoms. The van der Waals surface area contributed by atoms with Gasteiger partial charge in [-0.2, -0.15) is 0 Å². The highest BCUT2D eigenvalue weighted by molar-refractivity contribution is 9.10. The fourth-order valence-corrected chi connectivity index (χ4v) is 2.88. The van der Waals surface area contributed by atoms with Crippen molar-refractivity contribution in [2.75, 3.05) is 0 Å². The molecule has 0 aliphatic carbocycles. The molecule has 0 unspecified atom stereocenters. The predicted octanol–water partition coefficient (Wildman–Crippen LogP) is 5.07. The molecule has 0 bridgehead atoms. The molecule has 1 N–H and O–H groups in total. The summed E-state index contributed by atoms with van der Waals surface area (Å²) < 4.78 is 2.76. The van der Waals surface area contributed by atoms with Crippen LogP contribution < -0.4 is 0 Å². The first-order valence-electron chi connectivity index (χ1n) is 7.79. The number of para-hydroxylation sites is 2. The Labute approximate surface area is 153 Å². The lowest BCUT2D eigenvalue weighted by molar-refractivity contribution is 0.476. The third-order valence-electron chi connectivity index (χ3n) is 3.86. The SMILES string of the molecule is Oc1ccccc1-c1nc(-c2ccc(Br)cc2)nn1-c1ccccc1. The highest BCUT2D eigenvalue weighted by atomic mass is 79.9. The summed E-state index contributed by atoms with van der Waals surface area (Å²) >= 11 is 3.44. The van der Waals surface area contributed by atoms with Crippen LogP contribution in [-0.4, -0.2) is 19.9 Å². The number of hydrogen-bond donors (Lipinski definition) is 1. The third-order valence-corrected chi connectivity index (χ3v) is 4.38. The van der Waals surface area contributed by atoms with Crippen molar-refractivity contribution >= 4 is 15.9 Å². The molecule has 122 valence electrons. The van der Waals surface area contributed by atoms with E-state index in [4.69, 9.17) is 4.98 Å². The van der Waals surface area contributed by atoms with Crippen LogP contribution in [0.5, 0.6) is 5.75 Å². The van der Waals surface area contributed by atoms with E-state index in [9.17, 15) is 5.11 Å². The first kappa shape index (κ1) is 15.6. The van der Waals surface area contributed by atoms with Gasteiger partial charge in [-0.3, -0.25) is 0 Å². The fraction of sp³-hybridized carbons (Fsp3) is 0. The highest BCUT2D eigenvalue weighted by Crippen LogP contribution is 2.31. The highest BCUT2D eigenvalue weighted by Gasteiger charge is 2.17. The van der Waals surface area contributed by atoms with E-state index in [0.29, 0.717) is 17.2 Å². The number of aromatic nitrogens is 3. The van der Waals surface area contributed by atoms with E-state index in [1.807, 2.05) is 66.7 Å². The molecular formula is C20H14BrN3O. The topological polar surface area (TPSA) is 50.9 Å². The summed E-state index contributed by atoms with van der Waals surface area (Å²) in [5.74, 6) is 1.38. The summed E-state index contributed by atoms with van der Waals surface area (Å²) in [6.45, 7) is 0. The monoisotopic (exact) mass is 391 g/mol. The lowest BCUT2D eigenvalue weighted by atomic mass is 10.2. The molecule has 4 rings (SSSR count). The molecule has 1 aromatic heterocycles. The van der Waals surface area contributed by atoms with E-state index in [2.05, 4.69) is 21.0 Å². The minimum absolute atomic E-state index is 0.175. The molecule has 4 nitrogen and oxygen atoms in total. The maximum absolute atomic E-state index is 10.3. The molecule has 1 heterocycles. The van der Waals surface area contributed by atoms with Gasteiger partial charge in [-0.15, -0.1) is 5.10 Å². The number of phenols is 1. The molecule has 0 aliphatic rings. The first-order chi connectivity index (χ1) is 12.2. The van der Waals surface area contributed by atoms with Crippen molar-refractivity contribution in [1.82, 2.24) is 14.8 Å². The van der Waals surface area contributed by atoms with Gasteiger partial charge in [0.25, 0.3) is 0 Å². The Balaban J connectivity index is 1.92. The quantitative estimate of drug-likeness (QED) is 0.530. The zero-order chi connectivity index (χ0) is 17.2. The van der Waals surface area contributed by atoms with Crippen LogP contribution >= 0.6 is 15.9 Å². The van der Waals surface area contributed by atoms with Crippen molar-refractivity contribution in [3.63, 3.8) is 0 Å². The standard InChI is InChI=1S/C20H14BrN3O/c21-15-12-10-14(11-13-15)19-22-20(17-8-4-5-9-18(17)25)24(23-19)16-6-2-1-3-7-16/h1-13,25H. The number of rotatable bonds is 3. The van der Waals surface area contributed by atoms with Crippen LogP contribution in [0.15, 0.2) is 83.3 Å². The van der Waals surface area contributed by atoms with E-state index in [-0.39, 0.29) is 5.75 Å². The molecule has 0 amide bonds. The molecular weight excluding hydrogens is 378 g/mol. The van der Waals surface area contributed by atoms with Crippen molar-refractivity contribution in [1.29, 1.82) is 0 Å². The predicted molar refractivity (Wildman–Crippen MR) is 102 cm³/mol. The molecule has 0 spiro atoms. The normalized spacial score (nSPS) is 10.8. The average Bonchev–Trinajstić information content (AvgIpc) is 3.08. The van der Waals surface area contributed by atoms with Crippen molar-refractivity contribution in [2.45, 2.75) is 0 Å². The maximum Gasteiger partial charge on any atom is 0.182 e. The van der Waals surface area contributed by atoms with Crippen molar-refractivity contribution in [3.05, 3.63) is 83.3 Å². The minimum atomic E-state index is 0.175. The van der Waals surface area contributed by atoms with Gasteiger partial charge < -0.3 is 5.11 Å². The zero-order valence-corrected chi connectivity index (χ0v) is 14.8. The largest absolute Gasteiger partial charge is 0.507 e. The van der Waals surface area contributed by atoms with Gasteiger partial charge >= 0.3 is 0 Å². The van der Waals surface area contributed by atoms with E-state index in [1.165, 1.54) is 0 Å². The summed E-state index contributed by atoms with van der Waals surface area (Å²) in [4.78, 5) is 4.69. The van der Waals surface area contributed by atoms with E-state index in [1.54, 1.807) is 16.8 Å². The lowest BCUT2D eigenvalue weighted by Crippen LogP contribution is -1.99. The van der Waals surface area contributed by atoms with Gasteiger partial charge in [-0.05, 0) is 36.4 Å². The van der Waals surface area contributed by atoms with Gasteiger partial charge in [0.1, 0.15) is 5.75 Å². The van der Waals surface area contributed by atoms with Gasteiger partial charge in [0.2, 0.25) is 0 Å². The lowest BCUT2D eigenvalue weighted by Gasteiger charge is -2.06. The fourth-order valence-electron chi connectivity index (χ4n) is 2.62. The minimum Gasteiger partial charge on any atom is -0.507 e. The van der Waals surface area contributed by atoms with Crippen LogP contribution in [0, 0.1) is 0 Å². The molecule has 0 saturated heterocycles. The summed E-state index contributed by atoms with van der Waals surface area (Å²) in [5, 5.41) is 14.9. The maximum atomic E-state index is 10.3. The van der Waals surface area contributed by atoms with Gasteiger partial charge in [0, 0.05) is 10.0 Å². The van der Waals surface area contributed by atoms with Gasteiger partial charge in [-0.25, -0.2) is 9.67 Å². The number of phenolic OH excluding ortho intramolecular Hbond substituents is 1. The molecule has 0 fully saturated rings. The molecule has 0 saturated carbocycles. The van der Waals surface area contributed by atoms with E-state index in [0.717, 1.165) is 15.7 Å². The Morgan fingerprint density at radius 2 is 1.48 bits per heavy atom. The molecule has 25 heavy (non-hydrogen) atoms. The van der Waals surface area contributed by atoms with Crippen LogP contribution in [-0.2, 0) is 0 Å². The smallest absolute Gasteiger partial charge is 0.182 e. The van der Waals surface area contributed by atoms with Gasteiger partial charge in [0.05, 0.1) is 11.3 Å². The second-order valence-corrected chi connectivity index (χ2v) is 6.45. The van der Waals surface area contributed by atoms with Gasteiger partial charge in [0.15, 0.2) is 11.6 Å². The van der Waals surface area contributed by atoms with Crippen LogP contribution in [0.25, 0.3) is 28.5 Å². The summed E-state index contributed by atoms with van der Waals surface area (Å²) in [5.41, 5.74) is 2.44. The molecule has 4 aromatic rings.